The lowest BCUT2D eigenvalue weighted by Gasteiger charge is -2.13. The molecule has 0 aromatic heterocycles. The molecule has 1 aliphatic carbocycles. The van der Waals surface area contributed by atoms with Crippen molar-refractivity contribution in [3.05, 3.63) is 23.2 Å². The standard InChI is InChI=1S/C11H14ClNO3S/c12-10-6-5-8(7-11(10)14)13-17(15,16)9-3-1-2-4-9/h5-7,9,13-14H,1-4H2. The van der Waals surface area contributed by atoms with Crippen molar-refractivity contribution in [2.45, 2.75) is 30.9 Å². The minimum Gasteiger partial charge on any atom is -0.506 e. The molecule has 1 aromatic rings. The van der Waals surface area contributed by atoms with E-state index >= 15 is 0 Å². The Hall–Kier alpha value is -0.940. The third-order valence-electron chi connectivity index (χ3n) is 2.95. The van der Waals surface area contributed by atoms with Crippen LogP contribution in [0.2, 0.25) is 5.02 Å². The molecule has 0 unspecified atom stereocenters. The summed E-state index contributed by atoms with van der Waals surface area (Å²) in [6, 6.07) is 4.31. The number of rotatable bonds is 3. The maximum Gasteiger partial charge on any atom is 0.235 e. The molecule has 6 heteroatoms. The summed E-state index contributed by atoms with van der Waals surface area (Å²) in [6.45, 7) is 0. The predicted molar refractivity (Wildman–Crippen MR) is 67.9 cm³/mol. The van der Waals surface area contributed by atoms with Gasteiger partial charge in [0.05, 0.1) is 16.0 Å². The summed E-state index contributed by atoms with van der Waals surface area (Å²) in [5.74, 6) is -0.127. The van der Waals surface area contributed by atoms with Crippen LogP contribution in [0.15, 0.2) is 18.2 Å². The Morgan fingerprint density at radius 2 is 1.94 bits per heavy atom. The molecule has 0 aliphatic heterocycles. The van der Waals surface area contributed by atoms with Gasteiger partial charge in [0.2, 0.25) is 10.0 Å². The smallest absolute Gasteiger partial charge is 0.235 e. The fourth-order valence-corrected chi connectivity index (χ4v) is 3.72. The van der Waals surface area contributed by atoms with Crippen LogP contribution >= 0.6 is 11.6 Å². The molecule has 4 nitrogen and oxygen atoms in total. The van der Waals surface area contributed by atoms with Crippen LogP contribution in [-0.2, 0) is 10.0 Å². The predicted octanol–water partition coefficient (Wildman–Crippen LogP) is 2.73. The highest BCUT2D eigenvalue weighted by molar-refractivity contribution is 7.93. The summed E-state index contributed by atoms with van der Waals surface area (Å²) >= 11 is 5.65. The number of anilines is 1. The molecule has 0 atom stereocenters. The third-order valence-corrected chi connectivity index (χ3v) is 5.14. The lowest BCUT2D eigenvalue weighted by molar-refractivity contribution is 0.476. The molecule has 0 saturated heterocycles. The van der Waals surface area contributed by atoms with E-state index in [9.17, 15) is 13.5 Å². The van der Waals surface area contributed by atoms with Gasteiger partial charge < -0.3 is 5.11 Å². The van der Waals surface area contributed by atoms with Gasteiger partial charge in [-0.05, 0) is 25.0 Å². The number of nitrogens with one attached hydrogen (secondary N) is 1. The van der Waals surface area contributed by atoms with Crippen molar-refractivity contribution in [1.29, 1.82) is 0 Å². The number of hydrogen-bond donors (Lipinski definition) is 2. The molecule has 0 radical (unpaired) electrons. The van der Waals surface area contributed by atoms with Crippen molar-refractivity contribution in [3.8, 4) is 5.75 Å². The van der Waals surface area contributed by atoms with Gasteiger partial charge in [-0.1, -0.05) is 24.4 Å². The highest BCUT2D eigenvalue weighted by atomic mass is 35.5. The van der Waals surface area contributed by atoms with E-state index in [1.54, 1.807) is 0 Å². The van der Waals surface area contributed by atoms with E-state index in [0.29, 0.717) is 18.5 Å². The lowest BCUT2D eigenvalue weighted by atomic mass is 10.3. The zero-order valence-corrected chi connectivity index (χ0v) is 10.8. The van der Waals surface area contributed by atoms with Gasteiger partial charge in [0.1, 0.15) is 5.75 Å². The van der Waals surface area contributed by atoms with E-state index in [2.05, 4.69) is 4.72 Å². The van der Waals surface area contributed by atoms with Gasteiger partial charge >= 0.3 is 0 Å². The lowest BCUT2D eigenvalue weighted by Crippen LogP contribution is -2.25. The van der Waals surface area contributed by atoms with E-state index in [4.69, 9.17) is 11.6 Å². The second-order valence-corrected chi connectivity index (χ2v) is 6.59. The molecule has 2 rings (SSSR count). The summed E-state index contributed by atoms with van der Waals surface area (Å²) in [5.41, 5.74) is 0.346. The molecule has 17 heavy (non-hydrogen) atoms. The van der Waals surface area contributed by atoms with Gasteiger partial charge in [0.15, 0.2) is 0 Å². The Morgan fingerprint density at radius 1 is 1.29 bits per heavy atom. The molecule has 0 amide bonds. The second-order valence-electron chi connectivity index (χ2n) is 4.22. The van der Waals surface area contributed by atoms with Crippen LogP contribution < -0.4 is 4.72 Å². The topological polar surface area (TPSA) is 66.4 Å². The first-order valence-corrected chi connectivity index (χ1v) is 7.41. The zero-order valence-electron chi connectivity index (χ0n) is 9.19. The van der Waals surface area contributed by atoms with Crippen LogP contribution in [0.5, 0.6) is 5.75 Å². The Morgan fingerprint density at radius 3 is 2.53 bits per heavy atom. The third kappa shape index (κ3) is 2.84. The normalized spacial score (nSPS) is 17.2. The van der Waals surface area contributed by atoms with Crippen LogP contribution in [-0.4, -0.2) is 18.8 Å². The molecule has 0 spiro atoms. The van der Waals surface area contributed by atoms with E-state index in [-0.39, 0.29) is 16.0 Å². The van der Waals surface area contributed by atoms with Gasteiger partial charge in [-0.2, -0.15) is 0 Å². The fraction of sp³-hybridized carbons (Fsp3) is 0.455. The largest absolute Gasteiger partial charge is 0.506 e. The average molecular weight is 276 g/mol. The minimum absolute atomic E-state index is 0.127. The molecule has 1 fully saturated rings. The van der Waals surface area contributed by atoms with Crippen molar-refractivity contribution in [3.63, 3.8) is 0 Å². The van der Waals surface area contributed by atoms with Crippen molar-refractivity contribution >= 4 is 27.3 Å². The van der Waals surface area contributed by atoms with Crippen LogP contribution in [0.3, 0.4) is 0 Å². The first-order valence-electron chi connectivity index (χ1n) is 5.49. The van der Waals surface area contributed by atoms with Crippen molar-refractivity contribution in [2.24, 2.45) is 0 Å². The summed E-state index contributed by atoms with van der Waals surface area (Å²) in [5, 5.41) is 9.28. The van der Waals surface area contributed by atoms with E-state index < -0.39 is 10.0 Å². The molecule has 1 aliphatic rings. The first-order chi connectivity index (χ1) is 7.99. The quantitative estimate of drug-likeness (QED) is 0.891. The second kappa shape index (κ2) is 4.74. The Labute approximate surface area is 106 Å². The van der Waals surface area contributed by atoms with Gasteiger partial charge in [-0.25, -0.2) is 8.42 Å². The summed E-state index contributed by atoms with van der Waals surface area (Å²) in [6.07, 6.45) is 3.32. The van der Waals surface area contributed by atoms with Gasteiger partial charge in [-0.15, -0.1) is 0 Å². The maximum absolute atomic E-state index is 12.0. The Balaban J connectivity index is 2.17. The van der Waals surface area contributed by atoms with E-state index in [1.165, 1.54) is 18.2 Å². The Bertz CT molecular complexity index is 509. The molecule has 1 aromatic carbocycles. The number of benzene rings is 1. The van der Waals surface area contributed by atoms with Crippen LogP contribution in [0.25, 0.3) is 0 Å². The monoisotopic (exact) mass is 275 g/mol. The van der Waals surface area contributed by atoms with Crippen molar-refractivity contribution in [2.75, 3.05) is 4.72 Å². The summed E-state index contributed by atoms with van der Waals surface area (Å²) < 4.78 is 26.4. The molecule has 0 bridgehead atoms. The number of halogens is 1. The minimum atomic E-state index is -3.35. The number of sulfonamides is 1. The van der Waals surface area contributed by atoms with E-state index in [1.807, 2.05) is 0 Å². The highest BCUT2D eigenvalue weighted by Gasteiger charge is 2.28. The summed E-state index contributed by atoms with van der Waals surface area (Å²) in [4.78, 5) is 0. The number of phenols is 1. The van der Waals surface area contributed by atoms with Crippen LogP contribution in [0.4, 0.5) is 5.69 Å². The number of phenolic OH excluding ortho intramolecular Hbond substituents is 1. The Kier molecular flexibility index (Phi) is 3.49. The van der Waals surface area contributed by atoms with Crippen molar-refractivity contribution in [1.82, 2.24) is 0 Å². The number of hydrogen-bond acceptors (Lipinski definition) is 3. The molecule has 1 saturated carbocycles. The van der Waals surface area contributed by atoms with Gasteiger partial charge in [0.25, 0.3) is 0 Å². The average Bonchev–Trinajstić information content (AvgIpc) is 2.77. The van der Waals surface area contributed by atoms with Gasteiger partial charge in [0, 0.05) is 6.07 Å². The van der Waals surface area contributed by atoms with Crippen molar-refractivity contribution < 1.29 is 13.5 Å². The molecule has 0 heterocycles. The fourth-order valence-electron chi connectivity index (χ4n) is 2.02. The highest BCUT2D eigenvalue weighted by Crippen LogP contribution is 2.29. The molecular formula is C11H14ClNO3S. The van der Waals surface area contributed by atoms with Crippen LogP contribution in [0, 0.1) is 0 Å². The molecule has 2 N–H and O–H groups in total. The van der Waals surface area contributed by atoms with E-state index in [0.717, 1.165) is 12.8 Å². The summed E-state index contributed by atoms with van der Waals surface area (Å²) in [7, 11) is -3.35. The molecular weight excluding hydrogens is 262 g/mol. The van der Waals surface area contributed by atoms with Gasteiger partial charge in [-0.3, -0.25) is 4.72 Å². The zero-order chi connectivity index (χ0) is 12.5. The maximum atomic E-state index is 12.0. The molecule has 94 valence electrons. The first kappa shape index (κ1) is 12.5. The van der Waals surface area contributed by atoms with Crippen LogP contribution in [0.1, 0.15) is 25.7 Å². The SMILES string of the molecule is O=S(=O)(Nc1ccc(Cl)c(O)c1)C1CCCC1. The number of aromatic hydroxyl groups is 1.